The molecule has 2 aromatic rings. The maximum absolute atomic E-state index is 12.3. The number of benzene rings is 1. The highest BCUT2D eigenvalue weighted by atomic mass is 35.5. The van der Waals surface area contributed by atoms with Gasteiger partial charge >= 0.3 is 0 Å². The second kappa shape index (κ2) is 7.02. The number of carbonyl (C=O) groups excluding carboxylic acids is 2. The van der Waals surface area contributed by atoms with Crippen LogP contribution < -0.4 is 16.8 Å². The standard InChI is InChI=1S/C16H17N3O2S.ClH/c17-11-4-5-12-9(6-11)2-1-3-13(12)19-16(21)14-7-10(8-22-14)15(18)20;/h4-8,13H,1-3,17H2,(H2,18,20)(H,19,21);1H. The van der Waals surface area contributed by atoms with E-state index in [0.29, 0.717) is 10.4 Å². The van der Waals surface area contributed by atoms with Crippen molar-refractivity contribution in [1.82, 2.24) is 5.32 Å². The molecule has 5 nitrogen and oxygen atoms in total. The number of amides is 2. The Hall–Kier alpha value is -2.05. The Bertz CT molecular complexity index is 745. The van der Waals surface area contributed by atoms with Crippen molar-refractivity contribution in [2.24, 2.45) is 5.73 Å². The number of anilines is 1. The summed E-state index contributed by atoms with van der Waals surface area (Å²) in [5.74, 6) is -0.694. The SMILES string of the molecule is Cl.NC(=O)c1csc(C(=O)NC2CCCc3cc(N)ccc32)c1. The van der Waals surface area contributed by atoms with Gasteiger partial charge < -0.3 is 16.8 Å². The van der Waals surface area contributed by atoms with Gasteiger partial charge in [0, 0.05) is 11.1 Å². The molecular weight excluding hydrogens is 334 g/mol. The van der Waals surface area contributed by atoms with Crippen LogP contribution in [0.2, 0.25) is 0 Å². The predicted octanol–water partition coefficient (Wildman–Crippen LogP) is 2.66. The molecule has 1 aliphatic carbocycles. The molecule has 122 valence electrons. The number of nitrogens with one attached hydrogen (secondary N) is 1. The number of carbonyl (C=O) groups is 2. The normalized spacial score (nSPS) is 16.1. The lowest BCUT2D eigenvalue weighted by atomic mass is 9.87. The third-order valence-corrected chi connectivity index (χ3v) is 4.82. The van der Waals surface area contributed by atoms with Crippen LogP contribution >= 0.6 is 23.7 Å². The van der Waals surface area contributed by atoms with Crippen molar-refractivity contribution in [2.75, 3.05) is 5.73 Å². The van der Waals surface area contributed by atoms with Gasteiger partial charge in [0.25, 0.3) is 5.91 Å². The van der Waals surface area contributed by atoms with Crippen molar-refractivity contribution in [1.29, 1.82) is 0 Å². The van der Waals surface area contributed by atoms with Crippen LogP contribution in [0, 0.1) is 0 Å². The van der Waals surface area contributed by atoms with Crippen LogP contribution in [0.1, 0.15) is 50.0 Å². The molecule has 1 aromatic heterocycles. The molecule has 5 N–H and O–H groups in total. The number of nitrogens with two attached hydrogens (primary N) is 2. The molecule has 0 saturated carbocycles. The second-order valence-electron chi connectivity index (χ2n) is 5.44. The predicted molar refractivity (Wildman–Crippen MR) is 94.1 cm³/mol. The summed E-state index contributed by atoms with van der Waals surface area (Å²) in [7, 11) is 0. The van der Waals surface area contributed by atoms with Gasteiger partial charge in [-0.3, -0.25) is 9.59 Å². The molecule has 2 amide bonds. The van der Waals surface area contributed by atoms with Crippen LogP contribution in [0.4, 0.5) is 5.69 Å². The van der Waals surface area contributed by atoms with Crippen LogP contribution in [0.15, 0.2) is 29.6 Å². The highest BCUT2D eigenvalue weighted by Gasteiger charge is 2.23. The minimum atomic E-state index is -0.520. The van der Waals surface area contributed by atoms with Crippen LogP contribution in [-0.2, 0) is 6.42 Å². The van der Waals surface area contributed by atoms with Gasteiger partial charge in [-0.1, -0.05) is 6.07 Å². The molecule has 1 unspecified atom stereocenters. The van der Waals surface area contributed by atoms with Crippen LogP contribution in [-0.4, -0.2) is 11.8 Å². The van der Waals surface area contributed by atoms with E-state index in [2.05, 4.69) is 5.32 Å². The lowest BCUT2D eigenvalue weighted by Crippen LogP contribution is -2.30. The zero-order valence-electron chi connectivity index (χ0n) is 12.4. The van der Waals surface area contributed by atoms with Crippen molar-refractivity contribution in [3.63, 3.8) is 0 Å². The number of primary amides is 1. The summed E-state index contributed by atoms with van der Waals surface area (Å²) in [5.41, 5.74) is 14.5. The minimum absolute atomic E-state index is 0. The molecular formula is C16H18ClN3O2S. The van der Waals surface area contributed by atoms with E-state index in [9.17, 15) is 9.59 Å². The van der Waals surface area contributed by atoms with Crippen molar-refractivity contribution >= 4 is 41.2 Å². The van der Waals surface area contributed by atoms with Crippen LogP contribution in [0.25, 0.3) is 0 Å². The van der Waals surface area contributed by atoms with E-state index in [-0.39, 0.29) is 24.4 Å². The molecule has 1 heterocycles. The summed E-state index contributed by atoms with van der Waals surface area (Å²) < 4.78 is 0. The van der Waals surface area contributed by atoms with E-state index in [1.807, 2.05) is 18.2 Å². The molecule has 0 fully saturated rings. The van der Waals surface area contributed by atoms with Gasteiger partial charge in [-0.05, 0) is 48.6 Å². The Morgan fingerprint density at radius 1 is 1.26 bits per heavy atom. The number of hydrogen-bond donors (Lipinski definition) is 3. The lowest BCUT2D eigenvalue weighted by molar-refractivity contribution is 0.0937. The Labute approximate surface area is 144 Å². The average molecular weight is 352 g/mol. The summed E-state index contributed by atoms with van der Waals surface area (Å²) in [6.07, 6.45) is 2.90. The number of thiophene rings is 1. The second-order valence-corrected chi connectivity index (χ2v) is 6.35. The van der Waals surface area contributed by atoms with Gasteiger partial charge in [0.15, 0.2) is 0 Å². The van der Waals surface area contributed by atoms with Gasteiger partial charge in [0.1, 0.15) is 0 Å². The first-order chi connectivity index (χ1) is 10.5. The zero-order chi connectivity index (χ0) is 15.7. The molecule has 0 radical (unpaired) electrons. The van der Waals surface area contributed by atoms with E-state index in [0.717, 1.165) is 30.5 Å². The summed E-state index contributed by atoms with van der Waals surface area (Å²) in [5, 5.41) is 4.65. The highest BCUT2D eigenvalue weighted by molar-refractivity contribution is 7.12. The van der Waals surface area contributed by atoms with Gasteiger partial charge in [0.2, 0.25) is 5.91 Å². The summed E-state index contributed by atoms with van der Waals surface area (Å²) >= 11 is 1.23. The highest BCUT2D eigenvalue weighted by Crippen LogP contribution is 2.31. The van der Waals surface area contributed by atoms with E-state index >= 15 is 0 Å². The molecule has 3 rings (SSSR count). The Kier molecular flexibility index (Phi) is 5.28. The third kappa shape index (κ3) is 3.65. The Balaban J connectivity index is 0.00000192. The molecule has 1 aliphatic rings. The Morgan fingerprint density at radius 2 is 2.04 bits per heavy atom. The van der Waals surface area contributed by atoms with Crippen molar-refractivity contribution in [3.8, 4) is 0 Å². The van der Waals surface area contributed by atoms with E-state index < -0.39 is 5.91 Å². The monoisotopic (exact) mass is 351 g/mol. The van der Waals surface area contributed by atoms with E-state index in [1.54, 1.807) is 5.38 Å². The largest absolute Gasteiger partial charge is 0.399 e. The lowest BCUT2D eigenvalue weighted by Gasteiger charge is -2.26. The molecule has 23 heavy (non-hydrogen) atoms. The fourth-order valence-corrected chi connectivity index (χ4v) is 3.60. The molecule has 0 saturated heterocycles. The number of fused-ring (bicyclic) bond motifs is 1. The number of rotatable bonds is 3. The summed E-state index contributed by atoms with van der Waals surface area (Å²) in [4.78, 5) is 24.0. The van der Waals surface area contributed by atoms with Crippen LogP contribution in [0.5, 0.6) is 0 Å². The minimum Gasteiger partial charge on any atom is -0.399 e. The topological polar surface area (TPSA) is 98.2 Å². The first-order valence-electron chi connectivity index (χ1n) is 7.12. The molecule has 0 spiro atoms. The fourth-order valence-electron chi connectivity index (χ4n) is 2.80. The van der Waals surface area contributed by atoms with Gasteiger partial charge in [-0.15, -0.1) is 23.7 Å². The third-order valence-electron chi connectivity index (χ3n) is 3.89. The Morgan fingerprint density at radius 3 is 2.74 bits per heavy atom. The first kappa shape index (κ1) is 17.3. The van der Waals surface area contributed by atoms with Gasteiger partial charge in [-0.2, -0.15) is 0 Å². The maximum atomic E-state index is 12.3. The average Bonchev–Trinajstić information content (AvgIpc) is 2.97. The molecule has 7 heteroatoms. The molecule has 0 aliphatic heterocycles. The zero-order valence-corrected chi connectivity index (χ0v) is 14.0. The summed E-state index contributed by atoms with van der Waals surface area (Å²) in [6.45, 7) is 0. The van der Waals surface area contributed by atoms with E-state index in [1.165, 1.54) is 23.0 Å². The maximum Gasteiger partial charge on any atom is 0.261 e. The van der Waals surface area contributed by atoms with Crippen molar-refractivity contribution in [2.45, 2.75) is 25.3 Å². The van der Waals surface area contributed by atoms with Crippen molar-refractivity contribution < 1.29 is 9.59 Å². The molecule has 0 bridgehead atoms. The number of nitrogen functional groups attached to an aromatic ring is 1. The van der Waals surface area contributed by atoms with E-state index in [4.69, 9.17) is 11.5 Å². The first-order valence-corrected chi connectivity index (χ1v) is 8.00. The van der Waals surface area contributed by atoms with Crippen molar-refractivity contribution in [3.05, 3.63) is 51.2 Å². The summed E-state index contributed by atoms with van der Waals surface area (Å²) in [6, 6.07) is 7.34. The quantitative estimate of drug-likeness (QED) is 0.741. The number of aryl methyl sites for hydroxylation is 1. The number of hydrogen-bond acceptors (Lipinski definition) is 4. The molecule has 1 atom stereocenters. The smallest absolute Gasteiger partial charge is 0.261 e. The van der Waals surface area contributed by atoms with Gasteiger partial charge in [-0.25, -0.2) is 0 Å². The van der Waals surface area contributed by atoms with Crippen LogP contribution in [0.3, 0.4) is 0 Å². The molecule has 1 aromatic carbocycles. The van der Waals surface area contributed by atoms with Gasteiger partial charge in [0.05, 0.1) is 16.5 Å². The fraction of sp³-hybridized carbons (Fsp3) is 0.250. The number of halogens is 1.